The van der Waals surface area contributed by atoms with E-state index in [9.17, 15) is 19.2 Å². The average molecular weight is 487 g/mol. The standard InChI is InChI=1S/C23H34N8O4/c1-15(2)12-30(19-20(24)31(13-16(3)4)23(35)27-21(19)33)18(32)14-28-7-9-29(10-8-28)22(34)17-11-25-5-6-26-17/h5-6,11,15-16H,7-10,12-14,24H2,1-4H3,(H,27,33,35). The van der Waals surface area contributed by atoms with E-state index >= 15 is 0 Å². The predicted octanol–water partition coefficient (Wildman–Crippen LogP) is 0.0118. The van der Waals surface area contributed by atoms with E-state index in [1.807, 2.05) is 32.6 Å². The van der Waals surface area contributed by atoms with Gasteiger partial charge in [-0.1, -0.05) is 27.7 Å². The molecule has 0 radical (unpaired) electrons. The highest BCUT2D eigenvalue weighted by Gasteiger charge is 2.29. The van der Waals surface area contributed by atoms with Gasteiger partial charge in [0.05, 0.1) is 12.7 Å². The number of carbonyl (C=O) groups is 2. The zero-order valence-electron chi connectivity index (χ0n) is 20.7. The van der Waals surface area contributed by atoms with Crippen LogP contribution in [0.3, 0.4) is 0 Å². The number of hydrogen-bond donors (Lipinski definition) is 2. The van der Waals surface area contributed by atoms with Gasteiger partial charge in [-0.2, -0.15) is 0 Å². The van der Waals surface area contributed by atoms with Crippen molar-refractivity contribution in [2.24, 2.45) is 11.8 Å². The lowest BCUT2D eigenvalue weighted by Gasteiger charge is -2.35. The summed E-state index contributed by atoms with van der Waals surface area (Å²) in [4.78, 5) is 66.4. The number of H-pyrrole nitrogens is 1. The topological polar surface area (TPSA) is 151 Å². The SMILES string of the molecule is CC(C)CN(C(=O)CN1CCN(C(=O)c2cnccn2)CC1)c1c(N)n(CC(C)C)c(=O)[nH]c1=O. The minimum Gasteiger partial charge on any atom is -0.383 e. The Hall–Kier alpha value is -3.54. The zero-order valence-corrected chi connectivity index (χ0v) is 20.7. The first-order valence-corrected chi connectivity index (χ1v) is 11.8. The van der Waals surface area contributed by atoms with Crippen LogP contribution in [0.4, 0.5) is 11.5 Å². The van der Waals surface area contributed by atoms with Crippen molar-refractivity contribution < 1.29 is 9.59 Å². The first-order chi connectivity index (χ1) is 16.6. The number of nitrogens with two attached hydrogens (primary N) is 1. The van der Waals surface area contributed by atoms with E-state index in [2.05, 4.69) is 15.0 Å². The van der Waals surface area contributed by atoms with Crippen molar-refractivity contribution in [1.82, 2.24) is 29.3 Å². The summed E-state index contributed by atoms with van der Waals surface area (Å²) in [7, 11) is 0. The number of nitrogen functional groups attached to an aromatic ring is 1. The molecular weight excluding hydrogens is 452 g/mol. The molecule has 2 aromatic rings. The molecule has 1 aliphatic heterocycles. The van der Waals surface area contributed by atoms with Crippen LogP contribution in [-0.4, -0.2) is 80.4 Å². The quantitative estimate of drug-likeness (QED) is 0.530. The fourth-order valence-corrected chi connectivity index (χ4v) is 4.02. The summed E-state index contributed by atoms with van der Waals surface area (Å²) < 4.78 is 1.30. The number of nitrogens with one attached hydrogen (secondary N) is 1. The maximum Gasteiger partial charge on any atom is 0.330 e. The summed E-state index contributed by atoms with van der Waals surface area (Å²) in [5.74, 6) is -0.328. The van der Waals surface area contributed by atoms with Crippen molar-refractivity contribution in [3.8, 4) is 0 Å². The smallest absolute Gasteiger partial charge is 0.330 e. The number of aromatic amines is 1. The van der Waals surface area contributed by atoms with E-state index in [0.29, 0.717) is 32.7 Å². The van der Waals surface area contributed by atoms with Crippen LogP contribution >= 0.6 is 0 Å². The number of anilines is 2. The van der Waals surface area contributed by atoms with E-state index in [-0.39, 0.29) is 53.9 Å². The Morgan fingerprint density at radius 1 is 1.09 bits per heavy atom. The molecule has 1 saturated heterocycles. The Balaban J connectivity index is 1.76. The van der Waals surface area contributed by atoms with Crippen LogP contribution in [0.1, 0.15) is 38.2 Å². The van der Waals surface area contributed by atoms with E-state index in [1.54, 1.807) is 4.90 Å². The van der Waals surface area contributed by atoms with Gasteiger partial charge in [0, 0.05) is 51.7 Å². The van der Waals surface area contributed by atoms with E-state index in [1.165, 1.54) is 28.1 Å². The first-order valence-electron chi connectivity index (χ1n) is 11.8. The highest BCUT2D eigenvalue weighted by Crippen LogP contribution is 2.20. The van der Waals surface area contributed by atoms with Crippen LogP contribution in [0.15, 0.2) is 28.2 Å². The third kappa shape index (κ3) is 6.32. The third-order valence-electron chi connectivity index (χ3n) is 5.68. The third-order valence-corrected chi connectivity index (χ3v) is 5.68. The molecule has 0 saturated carbocycles. The van der Waals surface area contributed by atoms with Gasteiger partial charge in [0.25, 0.3) is 11.5 Å². The number of hydrogen-bond acceptors (Lipinski definition) is 8. The lowest BCUT2D eigenvalue weighted by atomic mass is 10.2. The largest absolute Gasteiger partial charge is 0.383 e. The van der Waals surface area contributed by atoms with E-state index in [4.69, 9.17) is 5.73 Å². The molecule has 1 fully saturated rings. The Morgan fingerprint density at radius 2 is 1.77 bits per heavy atom. The van der Waals surface area contributed by atoms with Crippen molar-refractivity contribution in [2.45, 2.75) is 34.2 Å². The lowest BCUT2D eigenvalue weighted by Crippen LogP contribution is -2.52. The van der Waals surface area contributed by atoms with Gasteiger partial charge in [-0.15, -0.1) is 0 Å². The molecule has 12 nitrogen and oxygen atoms in total. The van der Waals surface area contributed by atoms with Crippen LogP contribution in [0.2, 0.25) is 0 Å². The normalized spacial score (nSPS) is 14.5. The Labute approximate surface area is 203 Å². The molecule has 0 aromatic carbocycles. The van der Waals surface area contributed by atoms with Crippen LogP contribution < -0.4 is 21.9 Å². The number of carbonyl (C=O) groups excluding carboxylic acids is 2. The van der Waals surface area contributed by atoms with Gasteiger partial charge in [-0.25, -0.2) is 9.78 Å². The van der Waals surface area contributed by atoms with Crippen LogP contribution in [0, 0.1) is 11.8 Å². The fraction of sp³-hybridized carbons (Fsp3) is 0.565. The van der Waals surface area contributed by atoms with Gasteiger partial charge in [0.2, 0.25) is 5.91 Å². The molecule has 190 valence electrons. The molecule has 2 aromatic heterocycles. The molecule has 0 spiro atoms. The summed E-state index contributed by atoms with van der Waals surface area (Å²) in [6.45, 7) is 10.3. The number of nitrogens with zero attached hydrogens (tertiary/aromatic N) is 6. The first kappa shape index (κ1) is 26.1. The molecule has 0 atom stereocenters. The molecular formula is C23H34N8O4. The number of amides is 2. The van der Waals surface area contributed by atoms with E-state index < -0.39 is 11.2 Å². The Kier molecular flexibility index (Phi) is 8.39. The maximum atomic E-state index is 13.4. The molecule has 3 N–H and O–H groups in total. The number of aromatic nitrogens is 4. The molecule has 3 heterocycles. The van der Waals surface area contributed by atoms with Crippen LogP contribution in [0.5, 0.6) is 0 Å². The number of rotatable bonds is 8. The van der Waals surface area contributed by atoms with Crippen molar-refractivity contribution in [1.29, 1.82) is 0 Å². The van der Waals surface area contributed by atoms with Crippen molar-refractivity contribution in [3.63, 3.8) is 0 Å². The minimum absolute atomic E-state index is 0.000385. The van der Waals surface area contributed by atoms with Crippen LogP contribution in [0.25, 0.3) is 0 Å². The van der Waals surface area contributed by atoms with Gasteiger partial charge >= 0.3 is 5.69 Å². The summed E-state index contributed by atoms with van der Waals surface area (Å²) >= 11 is 0. The summed E-state index contributed by atoms with van der Waals surface area (Å²) in [6, 6.07) is 0. The Bertz CT molecular complexity index is 1150. The molecule has 0 aliphatic carbocycles. The molecule has 0 bridgehead atoms. The average Bonchev–Trinajstić information content (AvgIpc) is 2.81. The second-order valence-corrected chi connectivity index (χ2v) is 9.55. The highest BCUT2D eigenvalue weighted by atomic mass is 16.2. The van der Waals surface area contributed by atoms with Gasteiger partial charge < -0.3 is 15.5 Å². The van der Waals surface area contributed by atoms with Gasteiger partial charge in [0.15, 0.2) is 5.69 Å². The zero-order chi connectivity index (χ0) is 25.7. The minimum atomic E-state index is -0.680. The summed E-state index contributed by atoms with van der Waals surface area (Å²) in [5.41, 5.74) is 5.28. The molecule has 2 amide bonds. The molecule has 3 rings (SSSR count). The monoisotopic (exact) mass is 486 g/mol. The molecule has 12 heteroatoms. The lowest BCUT2D eigenvalue weighted by molar-refractivity contribution is -0.120. The second-order valence-electron chi connectivity index (χ2n) is 9.55. The van der Waals surface area contributed by atoms with Crippen molar-refractivity contribution in [3.05, 3.63) is 45.1 Å². The maximum absolute atomic E-state index is 13.4. The predicted molar refractivity (Wildman–Crippen MR) is 132 cm³/mol. The second kappa shape index (κ2) is 11.3. The van der Waals surface area contributed by atoms with Gasteiger partial charge in [0.1, 0.15) is 11.5 Å². The molecule has 1 aliphatic rings. The van der Waals surface area contributed by atoms with Crippen LogP contribution in [-0.2, 0) is 11.3 Å². The Morgan fingerprint density at radius 3 is 2.34 bits per heavy atom. The van der Waals surface area contributed by atoms with Gasteiger partial charge in [-0.05, 0) is 11.8 Å². The van der Waals surface area contributed by atoms with E-state index in [0.717, 1.165) is 0 Å². The summed E-state index contributed by atoms with van der Waals surface area (Å²) in [5, 5.41) is 0. The van der Waals surface area contributed by atoms with Crippen molar-refractivity contribution in [2.75, 3.05) is 49.9 Å². The molecule has 35 heavy (non-hydrogen) atoms. The molecule has 0 unspecified atom stereocenters. The fourth-order valence-electron chi connectivity index (χ4n) is 4.02. The van der Waals surface area contributed by atoms with Crippen molar-refractivity contribution >= 4 is 23.3 Å². The highest BCUT2D eigenvalue weighted by molar-refractivity contribution is 5.97. The summed E-state index contributed by atoms with van der Waals surface area (Å²) in [6.07, 6.45) is 4.42. The van der Waals surface area contributed by atoms with Gasteiger partial charge in [-0.3, -0.25) is 33.8 Å². The number of piperazine rings is 1.